The second kappa shape index (κ2) is 10.1. The Morgan fingerprint density at radius 2 is 1.85 bits per heavy atom. The molecule has 2 saturated heterocycles. The van der Waals surface area contributed by atoms with Crippen molar-refractivity contribution in [1.29, 1.82) is 0 Å². The molecular weight excluding hydrogens is 442 g/mol. The van der Waals surface area contributed by atoms with Crippen molar-refractivity contribution in [2.24, 2.45) is 0 Å². The normalized spacial score (nSPS) is 24.8. The highest BCUT2D eigenvalue weighted by Crippen LogP contribution is 2.29. The maximum atomic E-state index is 13.6. The molecule has 4 rings (SSSR count). The lowest BCUT2D eigenvalue weighted by molar-refractivity contribution is -0.135. The summed E-state index contributed by atoms with van der Waals surface area (Å²) in [5.41, 5.74) is -0.636. The van der Waals surface area contributed by atoms with E-state index in [4.69, 9.17) is 21.1 Å². The van der Waals surface area contributed by atoms with Gasteiger partial charge in [0.05, 0.1) is 6.54 Å². The number of carbonyl (C=O) groups is 2. The fraction of sp³-hybridized carbons (Fsp3) is 0.680. The molecule has 182 valence electrons. The van der Waals surface area contributed by atoms with Gasteiger partial charge in [-0.25, -0.2) is 4.79 Å². The standard InChI is InChI=1S/C25H36ClN3O4/c1-25(2,3)33-24(31)29-17-21(32-20-10-4-7-18(26)15-20)16-22(29)23(30)28-12-6-11-27(13-14-28)19-8-5-9-19/h4,7,10,15,19,21-22H,5-6,8-9,11-14,16-17H2,1-3H3. The second-order valence-corrected chi connectivity index (χ2v) is 10.8. The predicted octanol–water partition coefficient (Wildman–Crippen LogP) is 4.18. The molecule has 1 aromatic rings. The van der Waals surface area contributed by atoms with Crippen molar-refractivity contribution in [2.75, 3.05) is 32.7 Å². The van der Waals surface area contributed by atoms with Crippen LogP contribution in [0.15, 0.2) is 24.3 Å². The summed E-state index contributed by atoms with van der Waals surface area (Å²) in [6.07, 6.45) is 4.48. The molecule has 0 radical (unpaired) electrons. The van der Waals surface area contributed by atoms with Crippen LogP contribution in [0.5, 0.6) is 5.75 Å². The molecule has 2 atom stereocenters. The van der Waals surface area contributed by atoms with Crippen molar-refractivity contribution in [1.82, 2.24) is 14.7 Å². The molecule has 33 heavy (non-hydrogen) atoms. The first-order chi connectivity index (χ1) is 15.7. The van der Waals surface area contributed by atoms with E-state index in [1.54, 1.807) is 17.0 Å². The minimum Gasteiger partial charge on any atom is -0.488 e. The lowest BCUT2D eigenvalue weighted by Gasteiger charge is -2.37. The number of benzene rings is 1. The van der Waals surface area contributed by atoms with E-state index in [1.807, 2.05) is 37.8 Å². The Hall–Kier alpha value is -1.99. The Morgan fingerprint density at radius 1 is 1.06 bits per heavy atom. The van der Waals surface area contributed by atoms with E-state index in [0.29, 0.717) is 36.3 Å². The van der Waals surface area contributed by atoms with Crippen LogP contribution in [-0.4, -0.2) is 83.2 Å². The highest BCUT2D eigenvalue weighted by Gasteiger charge is 2.44. The molecule has 7 nitrogen and oxygen atoms in total. The van der Waals surface area contributed by atoms with Crippen molar-refractivity contribution in [3.05, 3.63) is 29.3 Å². The van der Waals surface area contributed by atoms with E-state index in [9.17, 15) is 9.59 Å². The molecule has 2 amide bonds. The van der Waals surface area contributed by atoms with Crippen molar-refractivity contribution in [3.63, 3.8) is 0 Å². The number of hydrogen-bond donors (Lipinski definition) is 0. The summed E-state index contributed by atoms with van der Waals surface area (Å²) < 4.78 is 11.8. The number of ether oxygens (including phenoxy) is 2. The molecule has 3 fully saturated rings. The second-order valence-electron chi connectivity index (χ2n) is 10.4. The monoisotopic (exact) mass is 477 g/mol. The van der Waals surface area contributed by atoms with Crippen LogP contribution in [0.1, 0.15) is 52.9 Å². The van der Waals surface area contributed by atoms with E-state index in [0.717, 1.165) is 26.1 Å². The molecule has 2 heterocycles. The molecular formula is C25H36ClN3O4. The minimum atomic E-state index is -0.636. The van der Waals surface area contributed by atoms with Gasteiger partial charge < -0.3 is 14.4 Å². The number of amides is 2. The van der Waals surface area contributed by atoms with Gasteiger partial charge in [0.25, 0.3) is 0 Å². The Balaban J connectivity index is 1.46. The fourth-order valence-electron chi connectivity index (χ4n) is 4.86. The number of halogens is 1. The third kappa shape index (κ3) is 6.12. The van der Waals surface area contributed by atoms with Crippen molar-refractivity contribution < 1.29 is 19.1 Å². The molecule has 3 aliphatic rings. The molecule has 1 saturated carbocycles. The smallest absolute Gasteiger partial charge is 0.411 e. The van der Waals surface area contributed by atoms with Crippen LogP contribution in [0.2, 0.25) is 5.02 Å². The molecule has 2 unspecified atom stereocenters. The van der Waals surface area contributed by atoms with Gasteiger partial charge in [0.15, 0.2) is 0 Å². The van der Waals surface area contributed by atoms with Crippen molar-refractivity contribution >= 4 is 23.6 Å². The van der Waals surface area contributed by atoms with Gasteiger partial charge in [-0.05, 0) is 58.2 Å². The van der Waals surface area contributed by atoms with Crippen molar-refractivity contribution in [3.8, 4) is 5.75 Å². The predicted molar refractivity (Wildman–Crippen MR) is 128 cm³/mol. The number of hydrogen-bond acceptors (Lipinski definition) is 5. The first-order valence-electron chi connectivity index (χ1n) is 12.1. The number of likely N-dealkylation sites (tertiary alicyclic amines) is 1. The maximum Gasteiger partial charge on any atom is 0.411 e. The molecule has 1 aromatic carbocycles. The van der Waals surface area contributed by atoms with Crippen LogP contribution in [0, 0.1) is 0 Å². The highest BCUT2D eigenvalue weighted by atomic mass is 35.5. The van der Waals surface area contributed by atoms with Gasteiger partial charge in [-0.1, -0.05) is 24.1 Å². The summed E-state index contributed by atoms with van der Waals surface area (Å²) in [4.78, 5) is 32.7. The van der Waals surface area contributed by atoms with E-state index in [2.05, 4.69) is 4.90 Å². The first kappa shape index (κ1) is 24.1. The van der Waals surface area contributed by atoms with E-state index < -0.39 is 17.7 Å². The summed E-state index contributed by atoms with van der Waals surface area (Å²) in [5, 5.41) is 0.586. The van der Waals surface area contributed by atoms with Crippen molar-refractivity contribution in [2.45, 2.75) is 76.7 Å². The molecule has 0 spiro atoms. The highest BCUT2D eigenvalue weighted by molar-refractivity contribution is 6.30. The third-order valence-corrected chi connectivity index (χ3v) is 6.94. The summed E-state index contributed by atoms with van der Waals surface area (Å²) in [6.45, 7) is 9.17. The van der Waals surface area contributed by atoms with Gasteiger partial charge in [-0.2, -0.15) is 0 Å². The van der Waals surface area contributed by atoms with Crippen LogP contribution in [0.4, 0.5) is 4.79 Å². The largest absolute Gasteiger partial charge is 0.488 e. The maximum absolute atomic E-state index is 13.6. The first-order valence-corrected chi connectivity index (χ1v) is 12.5. The minimum absolute atomic E-state index is 0.00601. The average molecular weight is 478 g/mol. The van der Waals surface area contributed by atoms with Gasteiger partial charge in [-0.15, -0.1) is 0 Å². The topological polar surface area (TPSA) is 62.3 Å². The lowest BCUT2D eigenvalue weighted by atomic mass is 9.91. The van der Waals surface area contributed by atoms with Crippen LogP contribution in [0.3, 0.4) is 0 Å². The molecule has 2 aliphatic heterocycles. The Labute approximate surface area is 201 Å². The number of rotatable bonds is 4. The van der Waals surface area contributed by atoms with Gasteiger partial charge in [0.2, 0.25) is 5.91 Å². The van der Waals surface area contributed by atoms with Crippen LogP contribution in [-0.2, 0) is 9.53 Å². The molecule has 1 aliphatic carbocycles. The lowest BCUT2D eigenvalue weighted by Crippen LogP contribution is -2.50. The van der Waals surface area contributed by atoms with Crippen LogP contribution in [0.25, 0.3) is 0 Å². The van der Waals surface area contributed by atoms with Gasteiger partial charge >= 0.3 is 6.09 Å². The Bertz CT molecular complexity index is 854. The molecule has 0 bridgehead atoms. The zero-order valence-corrected chi connectivity index (χ0v) is 20.7. The van der Waals surface area contributed by atoms with E-state index in [-0.39, 0.29) is 12.0 Å². The van der Waals surface area contributed by atoms with Crippen LogP contribution >= 0.6 is 11.6 Å². The van der Waals surface area contributed by atoms with Gasteiger partial charge in [0.1, 0.15) is 23.5 Å². The average Bonchev–Trinajstić information content (AvgIpc) is 2.96. The Kier molecular flexibility index (Phi) is 7.39. The Morgan fingerprint density at radius 3 is 2.52 bits per heavy atom. The third-order valence-electron chi connectivity index (χ3n) is 6.71. The summed E-state index contributed by atoms with van der Waals surface area (Å²) in [5.74, 6) is 0.629. The number of carbonyl (C=O) groups excluding carboxylic acids is 2. The SMILES string of the molecule is CC(C)(C)OC(=O)N1CC(Oc2cccc(Cl)c2)CC1C(=O)N1CCCN(C2CCC2)CC1. The van der Waals surface area contributed by atoms with E-state index >= 15 is 0 Å². The fourth-order valence-corrected chi connectivity index (χ4v) is 5.04. The van der Waals surface area contributed by atoms with Crippen LogP contribution < -0.4 is 4.74 Å². The van der Waals surface area contributed by atoms with E-state index in [1.165, 1.54) is 19.3 Å². The summed E-state index contributed by atoms with van der Waals surface area (Å²) in [6, 6.07) is 7.29. The van der Waals surface area contributed by atoms with Gasteiger partial charge in [-0.3, -0.25) is 14.6 Å². The zero-order valence-electron chi connectivity index (χ0n) is 20.0. The summed E-state index contributed by atoms with van der Waals surface area (Å²) >= 11 is 6.10. The summed E-state index contributed by atoms with van der Waals surface area (Å²) in [7, 11) is 0. The molecule has 0 aromatic heterocycles. The van der Waals surface area contributed by atoms with Gasteiger partial charge in [0, 0.05) is 43.7 Å². The zero-order chi connectivity index (χ0) is 23.6. The molecule has 8 heteroatoms. The quantitative estimate of drug-likeness (QED) is 0.650. The number of nitrogens with zero attached hydrogens (tertiary/aromatic N) is 3. The molecule has 0 N–H and O–H groups in total.